The van der Waals surface area contributed by atoms with Crippen LogP contribution in [0.15, 0.2) is 42.5 Å². The maximum absolute atomic E-state index is 13.0. The smallest absolute Gasteiger partial charge is 0.255 e. The molecule has 1 aliphatic rings. The Morgan fingerprint density at radius 2 is 1.88 bits per heavy atom. The number of thioether (sulfide) groups is 1. The highest BCUT2D eigenvalue weighted by Crippen LogP contribution is 2.39. The first-order valence-corrected chi connectivity index (χ1v) is 8.96. The fraction of sp³-hybridized carbons (Fsp3) is 0.278. The Hall–Kier alpha value is -1.85. The molecule has 0 N–H and O–H groups in total. The van der Waals surface area contributed by atoms with Crippen molar-refractivity contribution in [3.05, 3.63) is 58.6 Å². The summed E-state index contributed by atoms with van der Waals surface area (Å²) < 4.78 is 10.5. The van der Waals surface area contributed by atoms with Gasteiger partial charge in [0.05, 0.1) is 14.2 Å². The van der Waals surface area contributed by atoms with Crippen molar-refractivity contribution in [2.45, 2.75) is 5.37 Å². The highest BCUT2D eigenvalue weighted by molar-refractivity contribution is 7.99. The van der Waals surface area contributed by atoms with Gasteiger partial charge in [-0.2, -0.15) is 0 Å². The first-order chi connectivity index (χ1) is 11.6. The maximum atomic E-state index is 13.0. The number of hydrogen-bond donors (Lipinski definition) is 0. The molecule has 0 aliphatic carbocycles. The third-order valence-corrected chi connectivity index (χ3v) is 5.38. The first kappa shape index (κ1) is 17.0. The number of hydrogen-bond acceptors (Lipinski definition) is 4. The van der Waals surface area contributed by atoms with Crippen molar-refractivity contribution in [2.24, 2.45) is 0 Å². The molecule has 1 amide bonds. The maximum Gasteiger partial charge on any atom is 0.255 e. The van der Waals surface area contributed by atoms with E-state index in [1.54, 1.807) is 44.2 Å². The summed E-state index contributed by atoms with van der Waals surface area (Å²) in [7, 11) is 3.15. The normalized spacial score (nSPS) is 17.0. The number of carbonyl (C=O) groups excluding carboxylic acids is 1. The Morgan fingerprint density at radius 1 is 1.17 bits per heavy atom. The van der Waals surface area contributed by atoms with Gasteiger partial charge < -0.3 is 14.4 Å². The van der Waals surface area contributed by atoms with Crippen molar-refractivity contribution in [3.63, 3.8) is 0 Å². The summed E-state index contributed by atoms with van der Waals surface area (Å²) >= 11 is 7.84. The average Bonchev–Trinajstić information content (AvgIpc) is 3.10. The topological polar surface area (TPSA) is 38.8 Å². The molecule has 0 bridgehead atoms. The summed E-state index contributed by atoms with van der Waals surface area (Å²) in [5.74, 6) is 2.05. The summed E-state index contributed by atoms with van der Waals surface area (Å²) in [6.07, 6.45) is 0. The second-order valence-electron chi connectivity index (χ2n) is 5.38. The molecule has 4 nitrogen and oxygen atoms in total. The molecular formula is C18H18ClNO3S. The lowest BCUT2D eigenvalue weighted by Gasteiger charge is -2.24. The molecule has 24 heavy (non-hydrogen) atoms. The molecule has 2 aromatic rings. The van der Waals surface area contributed by atoms with E-state index in [-0.39, 0.29) is 11.3 Å². The third-order valence-electron chi connectivity index (χ3n) is 3.88. The lowest BCUT2D eigenvalue weighted by atomic mass is 10.1. The van der Waals surface area contributed by atoms with E-state index in [1.165, 1.54) is 0 Å². The average molecular weight is 364 g/mol. The minimum absolute atomic E-state index is 0.0339. The fourth-order valence-electron chi connectivity index (χ4n) is 2.71. The van der Waals surface area contributed by atoms with Crippen molar-refractivity contribution in [1.82, 2.24) is 4.90 Å². The number of halogens is 1. The van der Waals surface area contributed by atoms with Crippen molar-refractivity contribution in [1.29, 1.82) is 0 Å². The van der Waals surface area contributed by atoms with Crippen molar-refractivity contribution < 1.29 is 14.3 Å². The van der Waals surface area contributed by atoms with Crippen LogP contribution in [0, 0.1) is 0 Å². The number of amides is 1. The van der Waals surface area contributed by atoms with Gasteiger partial charge in [-0.05, 0) is 29.8 Å². The summed E-state index contributed by atoms with van der Waals surface area (Å²) in [5.41, 5.74) is 1.59. The van der Waals surface area contributed by atoms with Crippen LogP contribution in [-0.4, -0.2) is 37.3 Å². The number of nitrogens with zero attached hydrogens (tertiary/aromatic N) is 1. The molecule has 0 saturated carbocycles. The molecule has 0 spiro atoms. The van der Waals surface area contributed by atoms with Crippen molar-refractivity contribution >= 4 is 29.3 Å². The van der Waals surface area contributed by atoms with Gasteiger partial charge in [0, 0.05) is 29.0 Å². The van der Waals surface area contributed by atoms with E-state index >= 15 is 0 Å². The van der Waals surface area contributed by atoms with Gasteiger partial charge in [0.25, 0.3) is 5.91 Å². The SMILES string of the molecule is COc1cc(OC)cc(C(=O)N2CCS[C@@H]2c2cccc(Cl)c2)c1. The van der Waals surface area contributed by atoms with Gasteiger partial charge in [-0.1, -0.05) is 23.7 Å². The van der Waals surface area contributed by atoms with Gasteiger partial charge in [0.15, 0.2) is 0 Å². The van der Waals surface area contributed by atoms with Crippen LogP contribution in [0.5, 0.6) is 11.5 Å². The second kappa shape index (κ2) is 7.36. The Morgan fingerprint density at radius 3 is 2.50 bits per heavy atom. The number of benzene rings is 2. The van der Waals surface area contributed by atoms with E-state index in [4.69, 9.17) is 21.1 Å². The van der Waals surface area contributed by atoms with Crippen LogP contribution in [0.1, 0.15) is 21.3 Å². The molecule has 1 aliphatic heterocycles. The highest BCUT2D eigenvalue weighted by atomic mass is 35.5. The summed E-state index contributed by atoms with van der Waals surface area (Å²) in [5, 5.41) is 0.642. The van der Waals surface area contributed by atoms with Crippen molar-refractivity contribution in [2.75, 3.05) is 26.5 Å². The van der Waals surface area contributed by atoms with Gasteiger partial charge in [0.2, 0.25) is 0 Å². The van der Waals surface area contributed by atoms with Crippen LogP contribution < -0.4 is 9.47 Å². The number of rotatable bonds is 4. The molecule has 0 aromatic heterocycles. The van der Waals surface area contributed by atoms with Crippen LogP contribution in [0.4, 0.5) is 0 Å². The Labute approximate surface area is 150 Å². The van der Waals surface area contributed by atoms with E-state index in [9.17, 15) is 4.79 Å². The largest absolute Gasteiger partial charge is 0.497 e. The minimum atomic E-state index is -0.0397. The molecule has 0 unspecified atom stereocenters. The van der Waals surface area contributed by atoms with E-state index < -0.39 is 0 Å². The second-order valence-corrected chi connectivity index (χ2v) is 7.00. The number of carbonyl (C=O) groups is 1. The van der Waals surface area contributed by atoms with E-state index in [2.05, 4.69) is 0 Å². The molecule has 1 saturated heterocycles. The Bertz CT molecular complexity index is 731. The summed E-state index contributed by atoms with van der Waals surface area (Å²) in [4.78, 5) is 14.9. The van der Waals surface area contributed by atoms with Gasteiger partial charge >= 0.3 is 0 Å². The Balaban J connectivity index is 1.91. The van der Waals surface area contributed by atoms with Gasteiger partial charge in [-0.25, -0.2) is 0 Å². The molecular weight excluding hydrogens is 346 g/mol. The predicted octanol–water partition coefficient (Wildman–Crippen LogP) is 4.25. The van der Waals surface area contributed by atoms with Crippen LogP contribution in [0.25, 0.3) is 0 Å². The summed E-state index contributed by atoms with van der Waals surface area (Å²) in [6.45, 7) is 0.695. The zero-order chi connectivity index (χ0) is 17.1. The lowest BCUT2D eigenvalue weighted by molar-refractivity contribution is 0.0759. The molecule has 2 aromatic carbocycles. The Kier molecular flexibility index (Phi) is 5.21. The molecule has 3 rings (SSSR count). The minimum Gasteiger partial charge on any atom is -0.497 e. The monoisotopic (exact) mass is 363 g/mol. The van der Waals surface area contributed by atoms with Crippen LogP contribution in [0.2, 0.25) is 5.02 Å². The van der Waals surface area contributed by atoms with Gasteiger partial charge in [0.1, 0.15) is 16.9 Å². The number of ether oxygens (including phenoxy) is 2. The molecule has 1 atom stereocenters. The molecule has 6 heteroatoms. The highest BCUT2D eigenvalue weighted by Gasteiger charge is 2.31. The third kappa shape index (κ3) is 3.47. The van der Waals surface area contributed by atoms with E-state index in [0.29, 0.717) is 28.6 Å². The molecule has 126 valence electrons. The van der Waals surface area contributed by atoms with Crippen LogP contribution >= 0.6 is 23.4 Å². The van der Waals surface area contributed by atoms with Crippen LogP contribution in [0.3, 0.4) is 0 Å². The summed E-state index contributed by atoms with van der Waals surface area (Å²) in [6, 6.07) is 12.9. The molecule has 1 fully saturated rings. The zero-order valence-electron chi connectivity index (χ0n) is 13.5. The van der Waals surface area contributed by atoms with Gasteiger partial charge in [-0.15, -0.1) is 11.8 Å². The molecule has 1 heterocycles. The number of methoxy groups -OCH3 is 2. The van der Waals surface area contributed by atoms with E-state index in [1.807, 2.05) is 29.2 Å². The van der Waals surface area contributed by atoms with E-state index in [0.717, 1.165) is 11.3 Å². The lowest BCUT2D eigenvalue weighted by Crippen LogP contribution is -2.30. The van der Waals surface area contributed by atoms with Crippen LogP contribution in [-0.2, 0) is 0 Å². The zero-order valence-corrected chi connectivity index (χ0v) is 15.1. The van der Waals surface area contributed by atoms with Crippen molar-refractivity contribution in [3.8, 4) is 11.5 Å². The standard InChI is InChI=1S/C18H18ClNO3S/c1-22-15-9-13(10-16(11-15)23-2)17(21)20-6-7-24-18(20)12-4-3-5-14(19)8-12/h3-5,8-11,18H,6-7H2,1-2H3/t18-/m1/s1. The predicted molar refractivity (Wildman–Crippen MR) is 97.2 cm³/mol. The quantitative estimate of drug-likeness (QED) is 0.814. The fourth-order valence-corrected chi connectivity index (χ4v) is 4.16. The van der Waals surface area contributed by atoms with Gasteiger partial charge in [-0.3, -0.25) is 4.79 Å². The molecule has 0 radical (unpaired) electrons. The first-order valence-electron chi connectivity index (χ1n) is 7.53.